The zero-order valence-electron chi connectivity index (χ0n) is 17.7. The van der Waals surface area contributed by atoms with Gasteiger partial charge in [0, 0.05) is 23.7 Å². The minimum atomic E-state index is -0.373. The number of hydrogen-bond acceptors (Lipinski definition) is 7. The lowest BCUT2D eigenvalue weighted by Crippen LogP contribution is -2.26. The molecule has 0 aliphatic carbocycles. The van der Waals surface area contributed by atoms with Gasteiger partial charge in [0.2, 0.25) is 0 Å². The Bertz CT molecular complexity index is 1070. The maximum absolute atomic E-state index is 12.5. The Kier molecular flexibility index (Phi) is 7.93. The molecular weight excluding hydrogens is 430 g/mol. The summed E-state index contributed by atoms with van der Waals surface area (Å²) in [6.07, 6.45) is 0.0598. The fraction of sp³-hybridized carbons (Fsp3) is 0.217. The number of ether oxygens (including phenoxy) is 2. The van der Waals surface area contributed by atoms with Gasteiger partial charge in [-0.3, -0.25) is 19.7 Å². The predicted molar refractivity (Wildman–Crippen MR) is 122 cm³/mol. The van der Waals surface area contributed by atoms with Crippen molar-refractivity contribution in [2.45, 2.75) is 13.3 Å². The van der Waals surface area contributed by atoms with E-state index in [-0.39, 0.29) is 30.8 Å². The van der Waals surface area contributed by atoms with Crippen LogP contribution in [0.15, 0.2) is 60.0 Å². The summed E-state index contributed by atoms with van der Waals surface area (Å²) in [4.78, 5) is 41.9. The third-order valence-corrected chi connectivity index (χ3v) is 5.15. The van der Waals surface area contributed by atoms with E-state index in [1.54, 1.807) is 60.6 Å². The van der Waals surface area contributed by atoms with Crippen molar-refractivity contribution in [1.29, 1.82) is 0 Å². The van der Waals surface area contributed by atoms with Crippen molar-refractivity contribution in [2.75, 3.05) is 30.5 Å². The van der Waals surface area contributed by atoms with Gasteiger partial charge in [0.25, 0.3) is 11.8 Å². The summed E-state index contributed by atoms with van der Waals surface area (Å²) >= 11 is 1.22. The maximum Gasteiger partial charge on any atom is 0.311 e. The van der Waals surface area contributed by atoms with Crippen molar-refractivity contribution in [1.82, 2.24) is 4.98 Å². The van der Waals surface area contributed by atoms with Crippen molar-refractivity contribution < 1.29 is 23.9 Å². The molecule has 0 spiro atoms. The second kappa shape index (κ2) is 11.1. The molecule has 0 unspecified atom stereocenters. The average molecular weight is 454 g/mol. The van der Waals surface area contributed by atoms with E-state index in [9.17, 15) is 14.4 Å². The van der Waals surface area contributed by atoms with E-state index in [1.807, 2.05) is 18.2 Å². The van der Waals surface area contributed by atoms with Gasteiger partial charge in [-0.05, 0) is 43.3 Å². The summed E-state index contributed by atoms with van der Waals surface area (Å²) in [6.45, 7) is 1.84. The van der Waals surface area contributed by atoms with Crippen LogP contribution in [-0.2, 0) is 20.7 Å². The fourth-order valence-electron chi connectivity index (χ4n) is 2.77. The number of amides is 2. The predicted octanol–water partition coefficient (Wildman–Crippen LogP) is 3.54. The number of nitrogens with one attached hydrogen (secondary N) is 1. The quantitative estimate of drug-likeness (QED) is 0.498. The van der Waals surface area contributed by atoms with Crippen LogP contribution in [0.4, 0.5) is 10.8 Å². The highest BCUT2D eigenvalue weighted by atomic mass is 32.1. The van der Waals surface area contributed by atoms with Gasteiger partial charge >= 0.3 is 5.97 Å². The molecule has 2 aromatic carbocycles. The van der Waals surface area contributed by atoms with Crippen LogP contribution >= 0.6 is 11.3 Å². The number of esters is 1. The number of benzene rings is 2. The third kappa shape index (κ3) is 6.39. The largest absolute Gasteiger partial charge is 0.484 e. The number of hydrogen-bond donors (Lipinski definition) is 1. The van der Waals surface area contributed by atoms with Crippen LogP contribution in [0, 0.1) is 0 Å². The van der Waals surface area contributed by atoms with Crippen LogP contribution in [-0.4, -0.2) is 43.0 Å². The van der Waals surface area contributed by atoms with Crippen molar-refractivity contribution in [3.05, 3.63) is 71.2 Å². The smallest absolute Gasteiger partial charge is 0.311 e. The van der Waals surface area contributed by atoms with Crippen molar-refractivity contribution in [3.63, 3.8) is 0 Å². The summed E-state index contributed by atoms with van der Waals surface area (Å²) < 4.78 is 10.4. The van der Waals surface area contributed by atoms with E-state index in [0.29, 0.717) is 34.4 Å². The number of anilines is 2. The van der Waals surface area contributed by atoms with Gasteiger partial charge in [0.1, 0.15) is 5.75 Å². The second-order valence-corrected chi connectivity index (χ2v) is 7.54. The number of nitrogens with zero attached hydrogens (tertiary/aromatic N) is 2. The summed E-state index contributed by atoms with van der Waals surface area (Å²) in [7, 11) is 1.70. The van der Waals surface area contributed by atoms with Gasteiger partial charge in [-0.1, -0.05) is 18.2 Å². The molecule has 8 nitrogen and oxygen atoms in total. The van der Waals surface area contributed by atoms with Crippen LogP contribution in [0.2, 0.25) is 0 Å². The van der Waals surface area contributed by atoms with Gasteiger partial charge in [-0.25, -0.2) is 4.98 Å². The van der Waals surface area contributed by atoms with Gasteiger partial charge in [-0.2, -0.15) is 0 Å². The lowest BCUT2D eigenvalue weighted by molar-refractivity contribution is -0.142. The monoisotopic (exact) mass is 453 g/mol. The summed E-state index contributed by atoms with van der Waals surface area (Å²) in [5.41, 5.74) is 1.83. The van der Waals surface area contributed by atoms with E-state index in [0.717, 1.165) is 0 Å². The molecule has 0 fully saturated rings. The zero-order chi connectivity index (χ0) is 22.9. The topological polar surface area (TPSA) is 97.8 Å². The lowest BCUT2D eigenvalue weighted by atomic mass is 10.2. The van der Waals surface area contributed by atoms with E-state index >= 15 is 0 Å². The number of rotatable bonds is 9. The maximum atomic E-state index is 12.5. The van der Waals surface area contributed by atoms with Crippen LogP contribution < -0.4 is 15.0 Å². The highest BCUT2D eigenvalue weighted by Crippen LogP contribution is 2.21. The summed E-state index contributed by atoms with van der Waals surface area (Å²) in [5.74, 6) is -0.364. The van der Waals surface area contributed by atoms with Crippen LogP contribution in [0.1, 0.15) is 23.0 Å². The molecule has 1 aromatic heterocycles. The molecule has 1 heterocycles. The Morgan fingerprint density at radius 1 is 1.06 bits per heavy atom. The first kappa shape index (κ1) is 23.0. The van der Waals surface area contributed by atoms with E-state index in [4.69, 9.17) is 9.47 Å². The zero-order valence-corrected chi connectivity index (χ0v) is 18.6. The van der Waals surface area contributed by atoms with Gasteiger partial charge in [-0.15, -0.1) is 11.3 Å². The first-order valence-electron chi connectivity index (χ1n) is 9.92. The average Bonchev–Trinajstić information content (AvgIpc) is 3.24. The Morgan fingerprint density at radius 3 is 2.47 bits per heavy atom. The number of thiazole rings is 1. The molecule has 0 saturated heterocycles. The van der Waals surface area contributed by atoms with E-state index in [1.165, 1.54) is 11.3 Å². The molecule has 9 heteroatoms. The molecule has 32 heavy (non-hydrogen) atoms. The molecule has 1 N–H and O–H groups in total. The van der Waals surface area contributed by atoms with E-state index < -0.39 is 0 Å². The first-order valence-corrected chi connectivity index (χ1v) is 10.8. The minimum absolute atomic E-state index is 0.0598. The Hall–Kier alpha value is -3.72. The summed E-state index contributed by atoms with van der Waals surface area (Å²) in [6, 6.07) is 15.9. The van der Waals surface area contributed by atoms with Gasteiger partial charge in [0.15, 0.2) is 11.7 Å². The molecule has 3 aromatic rings. The van der Waals surface area contributed by atoms with Gasteiger partial charge < -0.3 is 14.4 Å². The van der Waals surface area contributed by atoms with Gasteiger partial charge in [0.05, 0.1) is 18.7 Å². The molecule has 0 aliphatic rings. The molecule has 0 atom stereocenters. The fourth-order valence-corrected chi connectivity index (χ4v) is 3.49. The molecule has 0 radical (unpaired) electrons. The lowest BCUT2D eigenvalue weighted by Gasteiger charge is -2.17. The number of carbonyl (C=O) groups excluding carboxylic acids is 3. The van der Waals surface area contributed by atoms with Crippen molar-refractivity contribution in [3.8, 4) is 5.75 Å². The second-order valence-electron chi connectivity index (χ2n) is 6.69. The summed E-state index contributed by atoms with van der Waals surface area (Å²) in [5, 5.41) is 4.72. The Balaban J connectivity index is 1.49. The normalized spacial score (nSPS) is 10.3. The highest BCUT2D eigenvalue weighted by Gasteiger charge is 2.14. The van der Waals surface area contributed by atoms with Crippen molar-refractivity contribution in [2.24, 2.45) is 0 Å². The first-order chi connectivity index (χ1) is 15.5. The Labute approximate surface area is 189 Å². The molecular formula is C23H23N3O5S. The number of aromatic nitrogens is 1. The molecule has 3 rings (SSSR count). The SMILES string of the molecule is CCOC(=O)Cc1csc(NC(=O)COc2ccc(N(C)C(=O)c3ccccc3)cc2)n1. The molecule has 166 valence electrons. The molecule has 2 amide bonds. The van der Waals surface area contributed by atoms with Crippen molar-refractivity contribution >= 4 is 39.9 Å². The van der Waals surface area contributed by atoms with Crippen LogP contribution in [0.25, 0.3) is 0 Å². The molecule has 0 aliphatic heterocycles. The Morgan fingerprint density at radius 2 is 1.78 bits per heavy atom. The molecule has 0 bridgehead atoms. The number of carbonyl (C=O) groups is 3. The minimum Gasteiger partial charge on any atom is -0.484 e. The van der Waals surface area contributed by atoms with E-state index in [2.05, 4.69) is 10.3 Å². The van der Waals surface area contributed by atoms with Crippen LogP contribution in [0.5, 0.6) is 5.75 Å². The third-order valence-electron chi connectivity index (χ3n) is 4.35. The standard InChI is InChI=1S/C23H23N3O5S/c1-3-30-21(28)13-17-15-32-23(24-17)25-20(27)14-31-19-11-9-18(10-12-19)26(2)22(29)16-7-5-4-6-8-16/h4-12,15H,3,13-14H2,1-2H3,(H,24,25,27). The highest BCUT2D eigenvalue weighted by molar-refractivity contribution is 7.13. The molecule has 0 saturated carbocycles. The van der Waals surface area contributed by atoms with Crippen LogP contribution in [0.3, 0.4) is 0 Å².